The topological polar surface area (TPSA) is 34.1 Å². The van der Waals surface area contributed by atoms with Gasteiger partial charge in [0.25, 0.3) is 0 Å². The summed E-state index contributed by atoms with van der Waals surface area (Å²) in [6, 6.07) is 7.08. The minimum Gasteiger partial charge on any atom is -0.224 e. The fraction of sp³-hybridized carbons (Fsp3) is 0.538. The van der Waals surface area contributed by atoms with Gasteiger partial charge in [-0.25, -0.2) is 8.42 Å². The van der Waals surface area contributed by atoms with Crippen LogP contribution >= 0.6 is 15.9 Å². The highest BCUT2D eigenvalue weighted by Crippen LogP contribution is 2.17. The van der Waals surface area contributed by atoms with Crippen molar-refractivity contribution in [3.05, 3.63) is 29.8 Å². The Morgan fingerprint density at radius 2 is 1.82 bits per heavy atom. The molecule has 1 rings (SSSR count). The van der Waals surface area contributed by atoms with Crippen LogP contribution in [-0.4, -0.2) is 19.5 Å². The third kappa shape index (κ3) is 4.80. The summed E-state index contributed by atoms with van der Waals surface area (Å²) in [6.07, 6.45) is 1.96. The molecule has 0 N–H and O–H groups in total. The van der Waals surface area contributed by atoms with Gasteiger partial charge in [-0.1, -0.05) is 40.5 Å². The van der Waals surface area contributed by atoms with Crippen molar-refractivity contribution in [2.75, 3.05) is 11.1 Å². The third-order valence-corrected chi connectivity index (χ3v) is 5.27. The zero-order valence-electron chi connectivity index (χ0n) is 10.3. The molecule has 0 aliphatic carbocycles. The standard InChI is InChI=1S/C13H19BrO2S/c1-11-5-7-13(8-6-11)17(15,16)10-12(2)4-3-9-14/h5-8,12H,3-4,9-10H2,1-2H3. The molecule has 0 aliphatic heterocycles. The zero-order chi connectivity index (χ0) is 12.9. The van der Waals surface area contributed by atoms with Crippen molar-refractivity contribution in [1.82, 2.24) is 0 Å². The van der Waals surface area contributed by atoms with Crippen molar-refractivity contribution in [1.29, 1.82) is 0 Å². The summed E-state index contributed by atoms with van der Waals surface area (Å²) in [7, 11) is -3.12. The molecule has 17 heavy (non-hydrogen) atoms. The van der Waals surface area contributed by atoms with Crippen LogP contribution in [0.4, 0.5) is 0 Å². The first kappa shape index (κ1) is 14.7. The molecule has 1 atom stereocenters. The first-order valence-electron chi connectivity index (χ1n) is 5.81. The molecule has 0 radical (unpaired) electrons. The molecule has 1 aromatic carbocycles. The first-order valence-corrected chi connectivity index (χ1v) is 8.58. The highest BCUT2D eigenvalue weighted by molar-refractivity contribution is 9.09. The van der Waals surface area contributed by atoms with Crippen molar-refractivity contribution in [3.63, 3.8) is 0 Å². The van der Waals surface area contributed by atoms with Crippen LogP contribution in [0.3, 0.4) is 0 Å². The number of aryl methyl sites for hydroxylation is 1. The molecule has 0 bridgehead atoms. The van der Waals surface area contributed by atoms with E-state index < -0.39 is 9.84 Å². The summed E-state index contributed by atoms with van der Waals surface area (Å²) in [5.41, 5.74) is 1.08. The molecule has 96 valence electrons. The molecule has 0 saturated heterocycles. The van der Waals surface area contributed by atoms with Gasteiger partial charge in [-0.3, -0.25) is 0 Å². The highest BCUT2D eigenvalue weighted by Gasteiger charge is 2.17. The minimum absolute atomic E-state index is 0.207. The van der Waals surface area contributed by atoms with E-state index in [1.165, 1.54) is 0 Å². The number of sulfone groups is 1. The molecule has 2 nitrogen and oxygen atoms in total. The fourth-order valence-corrected chi connectivity index (χ4v) is 3.71. The number of hydrogen-bond donors (Lipinski definition) is 0. The Morgan fingerprint density at radius 3 is 2.35 bits per heavy atom. The lowest BCUT2D eigenvalue weighted by Gasteiger charge is -2.11. The normalized spacial score (nSPS) is 13.6. The van der Waals surface area contributed by atoms with Crippen LogP contribution in [-0.2, 0) is 9.84 Å². The molecule has 4 heteroatoms. The number of hydrogen-bond acceptors (Lipinski definition) is 2. The van der Waals surface area contributed by atoms with Crippen molar-refractivity contribution in [3.8, 4) is 0 Å². The maximum absolute atomic E-state index is 12.1. The lowest BCUT2D eigenvalue weighted by atomic mass is 10.1. The largest absolute Gasteiger partial charge is 0.224 e. The van der Waals surface area contributed by atoms with Gasteiger partial charge in [0.15, 0.2) is 9.84 Å². The molecule has 0 aromatic heterocycles. The average Bonchev–Trinajstić information content (AvgIpc) is 2.26. The van der Waals surface area contributed by atoms with Gasteiger partial charge in [0.2, 0.25) is 0 Å². The molecule has 1 unspecified atom stereocenters. The van der Waals surface area contributed by atoms with Crippen LogP contribution in [0.2, 0.25) is 0 Å². The SMILES string of the molecule is Cc1ccc(S(=O)(=O)CC(C)CCCBr)cc1. The molecule has 0 saturated carbocycles. The number of halogens is 1. The van der Waals surface area contributed by atoms with E-state index in [9.17, 15) is 8.42 Å². The Morgan fingerprint density at radius 1 is 1.24 bits per heavy atom. The molecule has 0 heterocycles. The maximum Gasteiger partial charge on any atom is 0.178 e. The third-order valence-electron chi connectivity index (χ3n) is 2.71. The lowest BCUT2D eigenvalue weighted by molar-refractivity contribution is 0.547. The van der Waals surface area contributed by atoms with E-state index >= 15 is 0 Å². The Hall–Kier alpha value is -0.350. The van der Waals surface area contributed by atoms with Crippen LogP contribution in [0, 0.1) is 12.8 Å². The van der Waals surface area contributed by atoms with Gasteiger partial charge in [0, 0.05) is 5.33 Å². The molecule has 0 spiro atoms. The van der Waals surface area contributed by atoms with Gasteiger partial charge in [-0.2, -0.15) is 0 Å². The second kappa shape index (κ2) is 6.55. The zero-order valence-corrected chi connectivity index (χ0v) is 12.7. The predicted molar refractivity (Wildman–Crippen MR) is 75.4 cm³/mol. The van der Waals surface area contributed by atoms with Crippen molar-refractivity contribution < 1.29 is 8.42 Å². The fourth-order valence-electron chi connectivity index (χ4n) is 1.73. The summed E-state index contributed by atoms with van der Waals surface area (Å²) >= 11 is 3.36. The summed E-state index contributed by atoms with van der Waals surface area (Å²) in [5.74, 6) is 0.446. The van der Waals surface area contributed by atoms with Crippen LogP contribution in [0.5, 0.6) is 0 Å². The highest BCUT2D eigenvalue weighted by atomic mass is 79.9. The van der Waals surface area contributed by atoms with E-state index in [2.05, 4.69) is 15.9 Å². The maximum atomic E-state index is 12.1. The van der Waals surface area contributed by atoms with E-state index in [-0.39, 0.29) is 11.7 Å². The van der Waals surface area contributed by atoms with Crippen molar-refractivity contribution >= 4 is 25.8 Å². The van der Waals surface area contributed by atoms with E-state index in [1.807, 2.05) is 26.0 Å². The Balaban J connectivity index is 2.71. The van der Waals surface area contributed by atoms with E-state index in [0.29, 0.717) is 4.90 Å². The molecule has 1 aromatic rings. The Bertz CT molecular complexity index is 437. The van der Waals surface area contributed by atoms with Crippen LogP contribution in [0.1, 0.15) is 25.3 Å². The molecule has 0 fully saturated rings. The summed E-state index contributed by atoms with van der Waals surface area (Å²) in [5, 5.41) is 0.932. The van der Waals surface area contributed by atoms with E-state index in [4.69, 9.17) is 0 Å². The lowest BCUT2D eigenvalue weighted by Crippen LogP contribution is -2.14. The van der Waals surface area contributed by atoms with Gasteiger partial charge in [0.1, 0.15) is 0 Å². The quantitative estimate of drug-likeness (QED) is 0.751. The van der Waals surface area contributed by atoms with Gasteiger partial charge < -0.3 is 0 Å². The van der Waals surface area contributed by atoms with Gasteiger partial charge in [-0.05, 0) is 37.8 Å². The Kier molecular flexibility index (Phi) is 5.67. The van der Waals surface area contributed by atoms with Crippen molar-refractivity contribution in [2.45, 2.75) is 31.6 Å². The summed E-state index contributed by atoms with van der Waals surface area (Å²) in [4.78, 5) is 0.439. The minimum atomic E-state index is -3.12. The monoisotopic (exact) mass is 318 g/mol. The van der Waals surface area contributed by atoms with Gasteiger partial charge in [0.05, 0.1) is 10.6 Å². The molecular weight excluding hydrogens is 300 g/mol. The smallest absolute Gasteiger partial charge is 0.178 e. The summed E-state index contributed by atoms with van der Waals surface area (Å²) < 4.78 is 24.2. The second-order valence-electron chi connectivity index (χ2n) is 4.53. The second-order valence-corrected chi connectivity index (χ2v) is 7.36. The number of alkyl halides is 1. The number of rotatable bonds is 6. The van der Waals surface area contributed by atoms with E-state index in [1.54, 1.807) is 12.1 Å². The van der Waals surface area contributed by atoms with Crippen LogP contribution < -0.4 is 0 Å². The molecule has 0 amide bonds. The Labute approximate surface area is 112 Å². The average molecular weight is 319 g/mol. The predicted octanol–water partition coefficient (Wildman–Crippen LogP) is 3.58. The van der Waals surface area contributed by atoms with Gasteiger partial charge >= 0.3 is 0 Å². The summed E-state index contributed by atoms with van der Waals surface area (Å²) in [6.45, 7) is 3.95. The van der Waals surface area contributed by atoms with E-state index in [0.717, 1.165) is 23.7 Å². The molecule has 0 aliphatic rings. The van der Waals surface area contributed by atoms with Crippen molar-refractivity contribution in [2.24, 2.45) is 5.92 Å². The number of benzene rings is 1. The molecular formula is C13H19BrO2S. The van der Waals surface area contributed by atoms with Gasteiger partial charge in [-0.15, -0.1) is 0 Å². The van der Waals surface area contributed by atoms with Crippen LogP contribution in [0.25, 0.3) is 0 Å². The first-order chi connectivity index (χ1) is 7.95. The van der Waals surface area contributed by atoms with Crippen LogP contribution in [0.15, 0.2) is 29.2 Å².